The smallest absolute Gasteiger partial charge is 0.0900 e. The fraction of sp³-hybridized carbons (Fsp3) is 1.00. The summed E-state index contributed by atoms with van der Waals surface area (Å²) in [5.41, 5.74) is -0.149. The highest BCUT2D eigenvalue weighted by Gasteiger charge is 2.45. The quantitative estimate of drug-likeness (QED) is 0.850. The highest BCUT2D eigenvalue weighted by molar-refractivity contribution is 4.98. The Morgan fingerprint density at radius 1 is 1.16 bits per heavy atom. The van der Waals surface area contributed by atoms with Crippen molar-refractivity contribution in [1.82, 2.24) is 4.90 Å². The Kier molecular flexibility index (Phi) is 3.89. The molecule has 3 rings (SSSR count). The Hall–Kier alpha value is -0.120. The summed E-state index contributed by atoms with van der Waals surface area (Å²) in [5, 5.41) is 10.2. The first-order valence-corrected chi connectivity index (χ1v) is 8.26. The van der Waals surface area contributed by atoms with Gasteiger partial charge in [-0.25, -0.2) is 0 Å². The molecule has 2 aliphatic heterocycles. The summed E-state index contributed by atoms with van der Waals surface area (Å²) in [7, 11) is 0. The number of hydrogen-bond acceptors (Lipinski definition) is 3. The van der Waals surface area contributed by atoms with E-state index >= 15 is 0 Å². The Morgan fingerprint density at radius 3 is 2.58 bits per heavy atom. The van der Waals surface area contributed by atoms with Gasteiger partial charge in [0.1, 0.15) is 0 Å². The minimum absolute atomic E-state index is 0.244. The van der Waals surface area contributed by atoms with E-state index < -0.39 is 5.60 Å². The molecule has 1 saturated carbocycles. The predicted molar refractivity (Wildman–Crippen MR) is 76.2 cm³/mol. The molecule has 0 aromatic heterocycles. The van der Waals surface area contributed by atoms with Crippen molar-refractivity contribution >= 4 is 0 Å². The molecule has 1 spiro atoms. The molecule has 3 aliphatic rings. The molecule has 2 saturated heterocycles. The average Bonchev–Trinajstić information content (AvgIpc) is 2.71. The van der Waals surface area contributed by atoms with Gasteiger partial charge in [-0.05, 0) is 32.1 Å². The number of hydrogen-bond donors (Lipinski definition) is 1. The van der Waals surface area contributed by atoms with Crippen LogP contribution < -0.4 is 0 Å². The van der Waals surface area contributed by atoms with Crippen molar-refractivity contribution in [3.05, 3.63) is 0 Å². The summed E-state index contributed by atoms with van der Waals surface area (Å²) in [6.45, 7) is 4.89. The maximum absolute atomic E-state index is 10.2. The van der Waals surface area contributed by atoms with Gasteiger partial charge in [0.2, 0.25) is 0 Å². The third kappa shape index (κ3) is 2.98. The molecular weight excluding hydrogens is 238 g/mol. The van der Waals surface area contributed by atoms with Gasteiger partial charge in [0.15, 0.2) is 0 Å². The van der Waals surface area contributed by atoms with Crippen LogP contribution in [0.2, 0.25) is 0 Å². The summed E-state index contributed by atoms with van der Waals surface area (Å²) >= 11 is 0. The Morgan fingerprint density at radius 2 is 1.89 bits per heavy atom. The Labute approximate surface area is 117 Å². The summed E-state index contributed by atoms with van der Waals surface area (Å²) in [6, 6.07) is 0. The van der Waals surface area contributed by atoms with E-state index in [-0.39, 0.29) is 5.60 Å². The molecule has 0 aromatic carbocycles. The van der Waals surface area contributed by atoms with Crippen LogP contribution in [0.4, 0.5) is 0 Å². The molecule has 0 radical (unpaired) electrons. The molecule has 3 heteroatoms. The molecule has 19 heavy (non-hydrogen) atoms. The molecule has 1 aliphatic carbocycles. The van der Waals surface area contributed by atoms with Crippen LogP contribution in [0.5, 0.6) is 0 Å². The highest BCUT2D eigenvalue weighted by atomic mass is 16.5. The van der Waals surface area contributed by atoms with Gasteiger partial charge in [-0.15, -0.1) is 0 Å². The van der Waals surface area contributed by atoms with Crippen molar-refractivity contribution in [3.8, 4) is 0 Å². The zero-order chi connectivity index (χ0) is 13.3. The molecule has 110 valence electrons. The molecule has 1 N–H and O–H groups in total. The molecular formula is C16H29NO2. The van der Waals surface area contributed by atoms with Crippen molar-refractivity contribution in [3.63, 3.8) is 0 Å². The second-order valence-electron chi connectivity index (χ2n) is 7.17. The van der Waals surface area contributed by atoms with Gasteiger partial charge in [0.25, 0.3) is 0 Å². The number of likely N-dealkylation sites (tertiary alicyclic amines) is 1. The first kappa shape index (κ1) is 13.8. The average molecular weight is 267 g/mol. The number of nitrogens with zero attached hydrogens (tertiary/aromatic N) is 1. The third-order valence-electron chi connectivity index (χ3n) is 5.32. The van der Waals surface area contributed by atoms with E-state index in [1.807, 2.05) is 0 Å². The van der Waals surface area contributed by atoms with E-state index in [0.717, 1.165) is 32.5 Å². The lowest BCUT2D eigenvalue weighted by molar-refractivity contribution is -0.129. The number of aliphatic hydroxyl groups is 1. The van der Waals surface area contributed by atoms with Gasteiger partial charge in [-0.3, -0.25) is 4.90 Å². The first-order valence-electron chi connectivity index (χ1n) is 8.26. The van der Waals surface area contributed by atoms with Gasteiger partial charge in [-0.1, -0.05) is 32.6 Å². The van der Waals surface area contributed by atoms with Gasteiger partial charge in [0.05, 0.1) is 17.3 Å². The first-order chi connectivity index (χ1) is 9.13. The van der Waals surface area contributed by atoms with Crippen molar-refractivity contribution in [2.45, 2.75) is 82.0 Å². The van der Waals surface area contributed by atoms with Crippen LogP contribution in [-0.2, 0) is 4.74 Å². The Balaban J connectivity index is 1.43. The van der Waals surface area contributed by atoms with Crippen LogP contribution in [0, 0.1) is 0 Å². The van der Waals surface area contributed by atoms with E-state index in [1.54, 1.807) is 0 Å². The van der Waals surface area contributed by atoms with E-state index in [4.69, 9.17) is 4.74 Å². The van der Waals surface area contributed by atoms with Gasteiger partial charge >= 0.3 is 0 Å². The topological polar surface area (TPSA) is 32.7 Å². The molecule has 3 nitrogen and oxygen atoms in total. The molecule has 0 aromatic rings. The summed E-state index contributed by atoms with van der Waals surface area (Å²) in [6.07, 6.45) is 11.6. The molecule has 1 unspecified atom stereocenters. The zero-order valence-corrected chi connectivity index (χ0v) is 12.4. The molecule has 1 atom stereocenters. The zero-order valence-electron chi connectivity index (χ0n) is 12.4. The van der Waals surface area contributed by atoms with E-state index in [2.05, 4.69) is 11.8 Å². The second-order valence-corrected chi connectivity index (χ2v) is 7.17. The third-order valence-corrected chi connectivity index (χ3v) is 5.32. The van der Waals surface area contributed by atoms with E-state index in [1.165, 1.54) is 44.9 Å². The summed E-state index contributed by atoms with van der Waals surface area (Å²) < 4.78 is 6.40. The van der Waals surface area contributed by atoms with Crippen molar-refractivity contribution < 1.29 is 9.84 Å². The maximum atomic E-state index is 10.2. The number of β-amino-alcohol motifs (C(OH)–C–C–N with tert-alkyl or cyclic N) is 1. The van der Waals surface area contributed by atoms with Gasteiger partial charge in [-0.2, -0.15) is 0 Å². The second kappa shape index (κ2) is 5.34. The van der Waals surface area contributed by atoms with Gasteiger partial charge < -0.3 is 9.84 Å². The fourth-order valence-corrected chi connectivity index (χ4v) is 4.41. The van der Waals surface area contributed by atoms with Crippen LogP contribution in [0.3, 0.4) is 0 Å². The largest absolute Gasteiger partial charge is 0.387 e. The van der Waals surface area contributed by atoms with E-state index in [0.29, 0.717) is 6.10 Å². The monoisotopic (exact) mass is 267 g/mol. The van der Waals surface area contributed by atoms with Crippen LogP contribution in [0.25, 0.3) is 0 Å². The Bertz CT molecular complexity index is 306. The van der Waals surface area contributed by atoms with Crippen molar-refractivity contribution in [1.29, 1.82) is 0 Å². The lowest BCUT2D eigenvalue weighted by atomic mass is 9.83. The standard InChI is InChI=1S/C16H29NO2/c1-2-7-15(18)12-17(13-15)11-14-6-10-16(19-14)8-4-3-5-9-16/h14,18H,2-13H2,1H3. The predicted octanol–water partition coefficient (Wildman–Crippen LogP) is 2.72. The van der Waals surface area contributed by atoms with Gasteiger partial charge in [0, 0.05) is 19.6 Å². The molecule has 3 fully saturated rings. The van der Waals surface area contributed by atoms with Crippen LogP contribution in [-0.4, -0.2) is 46.9 Å². The van der Waals surface area contributed by atoms with Crippen molar-refractivity contribution in [2.24, 2.45) is 0 Å². The summed E-state index contributed by atoms with van der Waals surface area (Å²) in [4.78, 5) is 2.38. The van der Waals surface area contributed by atoms with E-state index in [9.17, 15) is 5.11 Å². The lowest BCUT2D eigenvalue weighted by Crippen LogP contribution is -2.62. The van der Waals surface area contributed by atoms with Crippen LogP contribution >= 0.6 is 0 Å². The molecule has 0 amide bonds. The fourth-order valence-electron chi connectivity index (χ4n) is 4.41. The minimum Gasteiger partial charge on any atom is -0.387 e. The lowest BCUT2D eigenvalue weighted by Gasteiger charge is -2.47. The minimum atomic E-state index is -0.393. The maximum Gasteiger partial charge on any atom is 0.0900 e. The number of rotatable bonds is 4. The summed E-state index contributed by atoms with van der Waals surface area (Å²) in [5.74, 6) is 0. The van der Waals surface area contributed by atoms with Crippen LogP contribution in [0.1, 0.15) is 64.7 Å². The number of ether oxygens (including phenoxy) is 1. The normalized spacial score (nSPS) is 33.5. The van der Waals surface area contributed by atoms with Crippen LogP contribution in [0.15, 0.2) is 0 Å². The SMILES string of the molecule is CCCC1(O)CN(CC2CCC3(CCCCC3)O2)C1. The molecule has 0 bridgehead atoms. The van der Waals surface area contributed by atoms with Crippen molar-refractivity contribution in [2.75, 3.05) is 19.6 Å². The molecule has 2 heterocycles. The highest BCUT2D eigenvalue weighted by Crippen LogP contribution is 2.42.